The lowest BCUT2D eigenvalue weighted by Gasteiger charge is -2.32. The van der Waals surface area contributed by atoms with Crippen LogP contribution in [0, 0.1) is 89.3 Å². The largest absolute Gasteiger partial charge is 0.523 e. The van der Waals surface area contributed by atoms with Crippen LogP contribution in [0.1, 0.15) is 48.5 Å². The minimum absolute atomic E-state index is 0.0780. The molecule has 0 radical (unpaired) electrons. The SMILES string of the molecule is CCOS(=O)(=O)C(F)(F)F.CCn1c([N+](=O)[O-])nc(-c2ccc(F)cc2)c1Br.O=[N+]([O-])c1nc(-c2ccc(F)cc2)c(Br)[nH]1.O=[N+]([O-])c1nc(Br)c(Br)[nH]1.OB(O)c1ccc(F)cc1.[C-]#[N+]c1cnc2ccc(-c3c(-c4ccc(F)cc4)nc(N)n3CC(F)F)cn12.[C-]#[N+]c1cnc2ccc(-c3c(-c4ccc(F)cc4)nc([N+](=O)[O-])n3CC)cn12.[C-]#[N+]c1cnc2ccc(B3OC(C)(C)C(C)(C)O3)cn12. The van der Waals surface area contributed by atoms with Crippen molar-refractivity contribution in [2.24, 2.45) is 0 Å². The molecule has 11 aromatic heterocycles. The van der Waals surface area contributed by atoms with Crippen LogP contribution in [-0.2, 0) is 43.2 Å². The third-order valence-electron chi connectivity index (χ3n) is 19.8. The summed E-state index contributed by atoms with van der Waals surface area (Å²) in [6.07, 6.45) is 7.00. The summed E-state index contributed by atoms with van der Waals surface area (Å²) < 4.78 is 171. The molecular weight excluding hydrogens is 2150 g/mol. The van der Waals surface area contributed by atoms with Crippen molar-refractivity contribution in [1.29, 1.82) is 0 Å². The third-order valence-corrected chi connectivity index (χ3v) is 24.0. The minimum Gasteiger partial charge on any atom is -0.423 e. The van der Waals surface area contributed by atoms with Gasteiger partial charge in [0.05, 0.1) is 91.6 Å². The molecular formula is C84H68B2Br4F10N24O15S. The maximum absolute atomic E-state index is 13.4. The number of hydrogen-bond acceptors (Lipinski definition) is 24. The quantitative estimate of drug-likeness (QED) is 0.0101. The molecule has 17 rings (SSSR count). The van der Waals surface area contributed by atoms with E-state index in [9.17, 15) is 92.8 Å². The first kappa shape index (κ1) is 107. The molecule has 56 heteroatoms. The number of hydrogen-bond donors (Lipinski definition) is 5. The lowest BCUT2D eigenvalue weighted by molar-refractivity contribution is -0.396. The van der Waals surface area contributed by atoms with Gasteiger partial charge in [-0.25, -0.2) is 83.0 Å². The molecule has 5 aromatic carbocycles. The van der Waals surface area contributed by atoms with E-state index in [-0.39, 0.29) is 64.2 Å². The number of rotatable bonds is 18. The first-order valence-corrected chi connectivity index (χ1v) is 44.4. The third kappa shape index (κ3) is 25.8. The molecule has 0 saturated carbocycles. The Hall–Kier alpha value is -14.8. The van der Waals surface area contributed by atoms with Crippen molar-refractivity contribution >= 4 is 163 Å². The van der Waals surface area contributed by atoms with E-state index in [4.69, 9.17) is 44.8 Å². The Morgan fingerprint density at radius 1 is 0.507 bits per heavy atom. The van der Waals surface area contributed by atoms with Crippen LogP contribution >= 0.6 is 63.7 Å². The number of anilines is 1. The second kappa shape index (κ2) is 46.1. The van der Waals surface area contributed by atoms with Gasteiger partial charge >= 0.3 is 53.7 Å². The van der Waals surface area contributed by atoms with Crippen LogP contribution in [0.15, 0.2) is 213 Å². The highest BCUT2D eigenvalue weighted by Gasteiger charge is 2.52. The lowest BCUT2D eigenvalue weighted by Crippen LogP contribution is -2.41. The fraction of sp³-hybridized carbons (Fsp3) is 0.179. The van der Waals surface area contributed by atoms with Gasteiger partial charge in [0, 0.05) is 51.5 Å². The number of aromatic amines is 2. The first-order chi connectivity index (χ1) is 66.1. The topological polar surface area (TPSA) is 477 Å². The minimum atomic E-state index is -5.35. The van der Waals surface area contributed by atoms with E-state index in [0.29, 0.717) is 127 Å². The molecule has 1 fully saturated rings. The van der Waals surface area contributed by atoms with Crippen molar-refractivity contribution in [3.8, 4) is 67.5 Å². The predicted molar refractivity (Wildman–Crippen MR) is 506 cm³/mol. The monoisotopic (exact) mass is 2210 g/mol. The molecule has 0 unspecified atom stereocenters. The zero-order valence-corrected chi connectivity index (χ0v) is 80.1. The van der Waals surface area contributed by atoms with Gasteiger partial charge < -0.3 is 84.6 Å². The zero-order valence-electron chi connectivity index (χ0n) is 72.9. The predicted octanol–water partition coefficient (Wildman–Crippen LogP) is 19.6. The molecule has 1 saturated heterocycles. The molecule has 39 nitrogen and oxygen atoms in total. The maximum atomic E-state index is 13.4. The number of H-pyrrole nitrogens is 2. The molecule has 1 aliphatic rings. The van der Waals surface area contributed by atoms with Crippen molar-refractivity contribution in [1.82, 2.24) is 76.7 Å². The molecule has 16 aromatic rings. The smallest absolute Gasteiger partial charge is 0.423 e. The number of imidazole rings is 8. The number of pyridine rings is 3. The Balaban J connectivity index is 0.000000170. The number of benzene rings is 5. The zero-order chi connectivity index (χ0) is 103. The maximum Gasteiger partial charge on any atom is 0.523 e. The van der Waals surface area contributed by atoms with Gasteiger partial charge in [-0.05, 0) is 259 Å². The van der Waals surface area contributed by atoms with E-state index >= 15 is 0 Å². The van der Waals surface area contributed by atoms with E-state index in [1.165, 1.54) is 147 Å². The summed E-state index contributed by atoms with van der Waals surface area (Å²) in [5.41, 5.74) is 8.83. The van der Waals surface area contributed by atoms with E-state index < -0.39 is 80.8 Å². The van der Waals surface area contributed by atoms with Gasteiger partial charge in [0.15, 0.2) is 36.6 Å². The summed E-state index contributed by atoms with van der Waals surface area (Å²) in [6.45, 7) is 34.1. The Bertz CT molecular complexity index is 7430. The fourth-order valence-electron chi connectivity index (χ4n) is 12.6. The summed E-state index contributed by atoms with van der Waals surface area (Å²) in [6, 6.07) is 38.0. The molecule has 0 spiro atoms. The second-order valence-electron chi connectivity index (χ2n) is 29.2. The number of nitrogens with zero attached hydrogens (tertiary/aromatic N) is 21. The first-order valence-electron chi connectivity index (χ1n) is 39.8. The number of nitro groups is 4. The molecule has 0 amide bonds. The van der Waals surface area contributed by atoms with Crippen molar-refractivity contribution in [2.75, 3.05) is 12.3 Å². The van der Waals surface area contributed by atoms with Crippen LogP contribution in [-0.4, -0.2) is 159 Å². The Morgan fingerprint density at radius 3 is 1.21 bits per heavy atom. The van der Waals surface area contributed by atoms with Crippen LogP contribution in [0.25, 0.3) is 99.0 Å². The van der Waals surface area contributed by atoms with Crippen LogP contribution in [0.4, 0.5) is 91.1 Å². The van der Waals surface area contributed by atoms with Crippen molar-refractivity contribution in [3.05, 3.63) is 317 Å². The highest BCUT2D eigenvalue weighted by molar-refractivity contribution is 9.13. The highest BCUT2D eigenvalue weighted by Crippen LogP contribution is 2.41. The normalized spacial score (nSPS) is 12.2. The summed E-state index contributed by atoms with van der Waals surface area (Å²) in [7, 11) is -7.29. The van der Waals surface area contributed by atoms with Crippen molar-refractivity contribution in [2.45, 2.75) is 91.2 Å². The van der Waals surface area contributed by atoms with Crippen LogP contribution in [0.3, 0.4) is 0 Å². The molecule has 0 bridgehead atoms. The molecule has 0 aliphatic carbocycles. The second-order valence-corrected chi connectivity index (χ2v) is 33.9. The average molecular weight is 2220 g/mol. The van der Waals surface area contributed by atoms with Gasteiger partial charge in [0.1, 0.15) is 29.1 Å². The Morgan fingerprint density at radius 2 is 0.864 bits per heavy atom. The summed E-state index contributed by atoms with van der Waals surface area (Å²) in [4.78, 5) is 88.0. The van der Waals surface area contributed by atoms with Crippen LogP contribution in [0.2, 0.25) is 0 Å². The van der Waals surface area contributed by atoms with Crippen LogP contribution < -0.4 is 16.7 Å². The highest BCUT2D eigenvalue weighted by atomic mass is 79.9. The molecule has 6 N–H and O–H groups in total. The number of halogens is 14. The van der Waals surface area contributed by atoms with E-state index in [1.807, 2.05) is 46.0 Å². The summed E-state index contributed by atoms with van der Waals surface area (Å²) >= 11 is 12.4. The van der Waals surface area contributed by atoms with Gasteiger partial charge in [-0.15, -0.1) is 0 Å². The van der Waals surface area contributed by atoms with E-state index in [0.717, 1.165) is 18.0 Å². The van der Waals surface area contributed by atoms with Crippen molar-refractivity contribution in [3.63, 3.8) is 0 Å². The molecule has 0 atom stereocenters. The molecule has 12 heterocycles. The summed E-state index contributed by atoms with van der Waals surface area (Å²) in [5.74, 6) is -2.09. The number of nitrogens with one attached hydrogen (secondary N) is 2. The number of alkyl halides is 5. The number of nitrogen functional groups attached to an aromatic ring is 1. The van der Waals surface area contributed by atoms with Gasteiger partial charge in [0.25, 0.3) is 23.9 Å². The van der Waals surface area contributed by atoms with Crippen LogP contribution in [0.5, 0.6) is 0 Å². The molecule has 140 heavy (non-hydrogen) atoms. The number of nitrogens with two attached hydrogens (primary N) is 1. The number of fused-ring (bicyclic) bond motifs is 3. The summed E-state index contributed by atoms with van der Waals surface area (Å²) in [5, 5.41) is 60.0. The lowest BCUT2D eigenvalue weighted by atomic mass is 9.80. The number of aromatic nitrogens is 16. The molecule has 724 valence electrons. The van der Waals surface area contributed by atoms with E-state index in [2.05, 4.69) is 132 Å². The van der Waals surface area contributed by atoms with Gasteiger partial charge in [-0.2, -0.15) is 21.6 Å². The van der Waals surface area contributed by atoms with Gasteiger partial charge in [0.2, 0.25) is 27.5 Å². The Kier molecular flexibility index (Phi) is 35.3. The fourth-order valence-corrected chi connectivity index (χ4v) is 14.8. The van der Waals surface area contributed by atoms with Gasteiger partial charge in [-0.1, -0.05) is 57.9 Å². The average Bonchev–Trinajstić information content (AvgIpc) is 1.67. The standard InChI is InChI=1S/C19H13F3N6.C19H13FN6O2.C14H16BN3O2.C11H9BrFN3O2.C9H5BrFN3O2.C6H6BFO2.C3HBr2N3O2.C3H5F3O3S/c1-24-16-8-25-15-7-4-12(9-27(15)16)18-17(11-2-5-13(20)6-3-11)26-19(23)28(18)10-14(21)22;1-3-24-18(13-6-9-15-22-10-16(21-2)25(15)11-13)17(23-19(24)26(27)28)12-4-7-14(20)8-5-12;1-13(2)14(3,4)20-15(19-13)10-6-7-11-17-8-12(16-5)18(11)9-10;1-2-15-10(12)9(14-11(15)16(17)18)7-3-5-8(13)6-4-7;10-8-7(12-9(13-8)14(15)16)5-1-3-6(11)4-2-5;8-6-3-1-5(2-4-6)7(9)10;4-1-2(5)7-3(6-1)8(9)10;1-2-9-10(7,8)3(4,5)6/h2-9,14H,10H2,(H2,23,26);4-11H,3H2,1H3;6-9H,1-4H3;3-6H,2H2,1H3;1-4H,(H,12,13);1-4,9-10H;(H,6,7);2H2,1H3. The molecule has 1 aliphatic heterocycles. The van der Waals surface area contributed by atoms with E-state index in [1.54, 1.807) is 69.9 Å². The Labute approximate surface area is 818 Å². The van der Waals surface area contributed by atoms with Gasteiger partial charge in [-0.3, -0.25) is 4.18 Å². The van der Waals surface area contributed by atoms with Crippen molar-refractivity contribution < 1.29 is 95.6 Å².